The zero-order valence-corrected chi connectivity index (χ0v) is 7.25. The first-order valence-corrected chi connectivity index (χ1v) is 4.12. The normalized spacial score (nSPS) is 30.3. The van der Waals surface area contributed by atoms with Gasteiger partial charge in [-0.3, -0.25) is 0 Å². The van der Waals surface area contributed by atoms with Gasteiger partial charge in [-0.1, -0.05) is 0 Å². The minimum absolute atomic E-state index is 0.127. The lowest BCUT2D eigenvalue weighted by molar-refractivity contribution is 0.0714. The lowest BCUT2D eigenvalue weighted by Gasteiger charge is -2.22. The van der Waals surface area contributed by atoms with Crippen molar-refractivity contribution in [2.75, 3.05) is 20.3 Å². The van der Waals surface area contributed by atoms with Crippen molar-refractivity contribution in [3.63, 3.8) is 0 Å². The van der Waals surface area contributed by atoms with Gasteiger partial charge in [0.2, 0.25) is 0 Å². The maximum atomic E-state index is 5.93. The summed E-state index contributed by atoms with van der Waals surface area (Å²) >= 11 is 0. The van der Waals surface area contributed by atoms with Crippen LogP contribution in [0, 0.1) is 5.92 Å². The van der Waals surface area contributed by atoms with Crippen LogP contribution in [0.2, 0.25) is 0 Å². The number of methoxy groups -OCH3 is 1. The van der Waals surface area contributed by atoms with E-state index in [-0.39, 0.29) is 12.1 Å². The highest BCUT2D eigenvalue weighted by Crippen LogP contribution is 2.18. The summed E-state index contributed by atoms with van der Waals surface area (Å²) in [6.07, 6.45) is 1.22. The molecule has 0 aliphatic carbocycles. The van der Waals surface area contributed by atoms with Gasteiger partial charge in [-0.15, -0.1) is 0 Å². The molecule has 0 aromatic rings. The molecule has 1 fully saturated rings. The van der Waals surface area contributed by atoms with Crippen LogP contribution in [-0.2, 0) is 9.47 Å². The van der Waals surface area contributed by atoms with Crippen LogP contribution in [0.3, 0.4) is 0 Å². The average Bonchev–Trinajstić information content (AvgIpc) is 2.53. The maximum Gasteiger partial charge on any atom is 0.0697 e. The van der Waals surface area contributed by atoms with Gasteiger partial charge in [0.05, 0.1) is 12.7 Å². The Bertz CT molecular complexity index is 113. The monoisotopic (exact) mass is 159 g/mol. The fraction of sp³-hybridized carbons (Fsp3) is 1.00. The number of ether oxygens (including phenoxy) is 2. The van der Waals surface area contributed by atoms with Crippen molar-refractivity contribution in [1.29, 1.82) is 0 Å². The second-order valence-electron chi connectivity index (χ2n) is 3.14. The van der Waals surface area contributed by atoms with E-state index in [4.69, 9.17) is 15.2 Å². The second kappa shape index (κ2) is 4.04. The van der Waals surface area contributed by atoms with E-state index in [1.165, 1.54) is 0 Å². The van der Waals surface area contributed by atoms with E-state index in [9.17, 15) is 0 Å². The third kappa shape index (κ3) is 2.15. The van der Waals surface area contributed by atoms with Gasteiger partial charge >= 0.3 is 0 Å². The van der Waals surface area contributed by atoms with Gasteiger partial charge < -0.3 is 15.2 Å². The van der Waals surface area contributed by atoms with E-state index in [0.29, 0.717) is 5.92 Å². The molecular weight excluding hydrogens is 142 g/mol. The third-order valence-corrected chi connectivity index (χ3v) is 2.42. The molecule has 0 aromatic heterocycles. The molecule has 11 heavy (non-hydrogen) atoms. The summed E-state index contributed by atoms with van der Waals surface area (Å²) in [5.41, 5.74) is 5.93. The molecule has 2 N–H and O–H groups in total. The van der Waals surface area contributed by atoms with Crippen LogP contribution in [0.5, 0.6) is 0 Å². The fourth-order valence-corrected chi connectivity index (χ4v) is 1.40. The predicted molar refractivity (Wildman–Crippen MR) is 43.4 cm³/mol. The highest BCUT2D eigenvalue weighted by Gasteiger charge is 2.26. The summed E-state index contributed by atoms with van der Waals surface area (Å²) < 4.78 is 10.4. The van der Waals surface area contributed by atoms with Gasteiger partial charge in [0.25, 0.3) is 0 Å². The summed E-state index contributed by atoms with van der Waals surface area (Å²) in [6.45, 7) is 3.66. The Balaban J connectivity index is 2.32. The summed E-state index contributed by atoms with van der Waals surface area (Å²) in [7, 11) is 1.69. The van der Waals surface area contributed by atoms with E-state index in [1.807, 2.05) is 6.92 Å². The molecule has 1 saturated heterocycles. The molecule has 3 nitrogen and oxygen atoms in total. The van der Waals surface area contributed by atoms with Gasteiger partial charge in [-0.05, 0) is 13.3 Å². The molecule has 0 bridgehead atoms. The molecule has 3 unspecified atom stereocenters. The van der Waals surface area contributed by atoms with Crippen molar-refractivity contribution >= 4 is 0 Å². The zero-order valence-electron chi connectivity index (χ0n) is 7.25. The number of nitrogens with two attached hydrogens (primary N) is 1. The Morgan fingerprint density at radius 2 is 2.36 bits per heavy atom. The van der Waals surface area contributed by atoms with Crippen molar-refractivity contribution in [1.82, 2.24) is 0 Å². The first-order chi connectivity index (χ1) is 5.25. The standard InChI is InChI=1S/C8H17NO2/c1-6(10-2)8(9)7-3-4-11-5-7/h6-8H,3-5,9H2,1-2H3. The van der Waals surface area contributed by atoms with Crippen molar-refractivity contribution in [2.24, 2.45) is 11.7 Å². The van der Waals surface area contributed by atoms with Crippen LogP contribution in [-0.4, -0.2) is 32.5 Å². The van der Waals surface area contributed by atoms with E-state index >= 15 is 0 Å². The summed E-state index contributed by atoms with van der Waals surface area (Å²) in [5, 5.41) is 0. The lowest BCUT2D eigenvalue weighted by atomic mass is 9.96. The van der Waals surface area contributed by atoms with Crippen molar-refractivity contribution in [3.05, 3.63) is 0 Å². The predicted octanol–water partition coefficient (Wildman–Crippen LogP) is 0.385. The molecule has 0 radical (unpaired) electrons. The maximum absolute atomic E-state index is 5.93. The quantitative estimate of drug-likeness (QED) is 0.647. The molecule has 1 heterocycles. The van der Waals surface area contributed by atoms with E-state index in [2.05, 4.69) is 0 Å². The Morgan fingerprint density at radius 3 is 2.82 bits per heavy atom. The third-order valence-electron chi connectivity index (χ3n) is 2.42. The minimum Gasteiger partial charge on any atom is -0.381 e. The molecule has 0 amide bonds. The topological polar surface area (TPSA) is 44.5 Å². The molecule has 0 spiro atoms. The highest BCUT2D eigenvalue weighted by atomic mass is 16.5. The van der Waals surface area contributed by atoms with Crippen LogP contribution < -0.4 is 5.73 Å². The van der Waals surface area contributed by atoms with E-state index in [0.717, 1.165) is 19.6 Å². The number of rotatable bonds is 3. The van der Waals surface area contributed by atoms with Crippen LogP contribution >= 0.6 is 0 Å². The second-order valence-corrected chi connectivity index (χ2v) is 3.14. The Labute approximate surface area is 67.9 Å². The van der Waals surface area contributed by atoms with Gasteiger partial charge in [0.1, 0.15) is 0 Å². The Kier molecular flexibility index (Phi) is 3.30. The Morgan fingerprint density at radius 1 is 1.64 bits per heavy atom. The molecule has 1 rings (SSSR count). The lowest BCUT2D eigenvalue weighted by Crippen LogP contribution is -2.41. The van der Waals surface area contributed by atoms with Crippen LogP contribution in [0.15, 0.2) is 0 Å². The Hall–Kier alpha value is -0.120. The number of hydrogen-bond acceptors (Lipinski definition) is 3. The SMILES string of the molecule is COC(C)C(N)C1CCOC1. The first kappa shape index (κ1) is 8.97. The zero-order chi connectivity index (χ0) is 8.27. The van der Waals surface area contributed by atoms with E-state index in [1.54, 1.807) is 7.11 Å². The highest BCUT2D eigenvalue weighted by molar-refractivity contribution is 4.80. The first-order valence-electron chi connectivity index (χ1n) is 4.12. The smallest absolute Gasteiger partial charge is 0.0697 e. The average molecular weight is 159 g/mol. The minimum atomic E-state index is 0.127. The molecule has 3 atom stereocenters. The number of hydrogen-bond donors (Lipinski definition) is 1. The van der Waals surface area contributed by atoms with Crippen LogP contribution in [0.25, 0.3) is 0 Å². The fourth-order valence-electron chi connectivity index (χ4n) is 1.40. The molecule has 1 aliphatic heterocycles. The molecule has 66 valence electrons. The van der Waals surface area contributed by atoms with Gasteiger partial charge in [0.15, 0.2) is 0 Å². The van der Waals surface area contributed by atoms with Crippen LogP contribution in [0.1, 0.15) is 13.3 Å². The van der Waals surface area contributed by atoms with Crippen LogP contribution in [0.4, 0.5) is 0 Å². The molecular formula is C8H17NO2. The molecule has 0 saturated carbocycles. The molecule has 0 aromatic carbocycles. The van der Waals surface area contributed by atoms with Gasteiger partial charge in [-0.25, -0.2) is 0 Å². The van der Waals surface area contributed by atoms with Gasteiger partial charge in [0, 0.05) is 25.7 Å². The van der Waals surface area contributed by atoms with Crippen molar-refractivity contribution < 1.29 is 9.47 Å². The van der Waals surface area contributed by atoms with Crippen molar-refractivity contribution in [2.45, 2.75) is 25.5 Å². The largest absolute Gasteiger partial charge is 0.381 e. The molecule has 1 aliphatic rings. The van der Waals surface area contributed by atoms with Gasteiger partial charge in [-0.2, -0.15) is 0 Å². The summed E-state index contributed by atoms with van der Waals surface area (Å²) in [4.78, 5) is 0. The van der Waals surface area contributed by atoms with E-state index < -0.39 is 0 Å². The summed E-state index contributed by atoms with van der Waals surface area (Å²) in [6, 6.07) is 0.127. The summed E-state index contributed by atoms with van der Waals surface area (Å²) in [5.74, 6) is 0.491. The van der Waals surface area contributed by atoms with Crippen molar-refractivity contribution in [3.8, 4) is 0 Å². The molecule has 3 heteroatoms.